The summed E-state index contributed by atoms with van der Waals surface area (Å²) < 4.78 is 5.34. The Morgan fingerprint density at radius 2 is 2.00 bits per heavy atom. The Bertz CT molecular complexity index is 651. The topological polar surface area (TPSA) is 46.5 Å². The highest BCUT2D eigenvalue weighted by atomic mass is 16.5. The zero-order chi connectivity index (χ0) is 18.9. The fraction of sp³-hybridized carbons (Fsp3) is 0.696. The van der Waals surface area contributed by atoms with Gasteiger partial charge in [0.1, 0.15) is 5.75 Å². The van der Waals surface area contributed by atoms with E-state index in [9.17, 15) is 9.90 Å². The lowest BCUT2D eigenvalue weighted by Crippen LogP contribution is -2.53. The zero-order valence-electron chi connectivity index (χ0n) is 16.8. The van der Waals surface area contributed by atoms with Gasteiger partial charge < -0.3 is 9.84 Å². The fourth-order valence-corrected chi connectivity index (χ4v) is 6.31. The van der Waals surface area contributed by atoms with Crippen molar-refractivity contribution in [3.8, 4) is 5.75 Å². The first-order valence-corrected chi connectivity index (χ1v) is 10.1. The number of hydrogen-bond donors (Lipinski definition) is 1. The molecule has 0 saturated heterocycles. The summed E-state index contributed by atoms with van der Waals surface area (Å²) in [6.45, 7) is 7.19. The third-order valence-corrected chi connectivity index (χ3v) is 7.57. The van der Waals surface area contributed by atoms with Crippen molar-refractivity contribution in [3.63, 3.8) is 0 Å². The van der Waals surface area contributed by atoms with Gasteiger partial charge in [-0.15, -0.1) is 0 Å². The monoisotopic (exact) mass is 358 g/mol. The second-order valence-electron chi connectivity index (χ2n) is 9.42. The standard InChI is InChI=1S/C23H34O3/c1-22(2)13-6-14-23(3)19(18(21(24)25)10-12-20(22)23)11-9-16-7-5-8-17(15-16)26-4/h5,7-8,15,18-20H,6,9-14H2,1-4H3,(H,24,25)/t18-,19-,20-,23+/m0/s1. The number of methoxy groups -OCH3 is 1. The third-order valence-electron chi connectivity index (χ3n) is 7.57. The molecule has 2 saturated carbocycles. The summed E-state index contributed by atoms with van der Waals surface area (Å²) in [4.78, 5) is 12.0. The Kier molecular flexibility index (Phi) is 5.37. The van der Waals surface area contributed by atoms with E-state index < -0.39 is 5.97 Å². The van der Waals surface area contributed by atoms with E-state index in [1.807, 2.05) is 12.1 Å². The Morgan fingerprint density at radius 1 is 1.23 bits per heavy atom. The number of hydrogen-bond acceptors (Lipinski definition) is 2. The Labute approximate surface area is 158 Å². The molecule has 2 fully saturated rings. The number of aliphatic carboxylic acids is 1. The number of fused-ring (bicyclic) bond motifs is 1. The van der Waals surface area contributed by atoms with Gasteiger partial charge in [0.15, 0.2) is 0 Å². The molecule has 0 heterocycles. The number of ether oxygens (including phenoxy) is 1. The van der Waals surface area contributed by atoms with Crippen molar-refractivity contribution in [2.45, 2.75) is 65.7 Å². The highest BCUT2D eigenvalue weighted by molar-refractivity contribution is 5.70. The highest BCUT2D eigenvalue weighted by Crippen LogP contribution is 2.62. The van der Waals surface area contributed by atoms with Gasteiger partial charge in [-0.3, -0.25) is 4.79 Å². The van der Waals surface area contributed by atoms with Crippen molar-refractivity contribution < 1.29 is 14.6 Å². The number of carboxylic acid groups (broad SMARTS) is 1. The van der Waals surface area contributed by atoms with Crippen molar-refractivity contribution in [2.75, 3.05) is 7.11 Å². The molecule has 3 rings (SSSR count). The molecule has 0 bridgehead atoms. The average Bonchev–Trinajstić information content (AvgIpc) is 2.59. The van der Waals surface area contributed by atoms with E-state index >= 15 is 0 Å². The van der Waals surface area contributed by atoms with E-state index in [4.69, 9.17) is 4.74 Å². The van der Waals surface area contributed by atoms with Crippen LogP contribution in [-0.2, 0) is 11.2 Å². The molecule has 0 aromatic heterocycles. The molecule has 4 atom stereocenters. The van der Waals surface area contributed by atoms with Crippen LogP contribution in [0.15, 0.2) is 24.3 Å². The maximum atomic E-state index is 12.0. The molecule has 26 heavy (non-hydrogen) atoms. The lowest BCUT2D eigenvalue weighted by Gasteiger charge is -2.59. The molecule has 0 radical (unpaired) electrons. The van der Waals surface area contributed by atoms with Gasteiger partial charge in [0, 0.05) is 0 Å². The molecule has 0 spiro atoms. The van der Waals surface area contributed by atoms with Crippen LogP contribution >= 0.6 is 0 Å². The predicted octanol–water partition coefficient (Wildman–Crippen LogP) is 5.57. The summed E-state index contributed by atoms with van der Waals surface area (Å²) in [7, 11) is 1.69. The molecule has 1 aromatic carbocycles. The van der Waals surface area contributed by atoms with Crippen molar-refractivity contribution >= 4 is 5.97 Å². The number of aryl methyl sites for hydroxylation is 1. The first-order chi connectivity index (χ1) is 12.3. The SMILES string of the molecule is COc1cccc(CC[C@H]2[C@@H](C(=O)O)CC[C@H]3C(C)(C)CCC[C@]23C)c1. The molecular formula is C23H34O3. The van der Waals surface area contributed by atoms with E-state index in [1.54, 1.807) is 7.11 Å². The van der Waals surface area contributed by atoms with Gasteiger partial charge in [-0.05, 0) is 78.9 Å². The van der Waals surface area contributed by atoms with Crippen LogP contribution in [0.25, 0.3) is 0 Å². The predicted molar refractivity (Wildman–Crippen MR) is 104 cm³/mol. The highest BCUT2D eigenvalue weighted by Gasteiger charge is 2.55. The summed E-state index contributed by atoms with van der Waals surface area (Å²) >= 11 is 0. The summed E-state index contributed by atoms with van der Waals surface area (Å²) in [6.07, 6.45) is 7.45. The van der Waals surface area contributed by atoms with Crippen LogP contribution in [0.4, 0.5) is 0 Å². The maximum absolute atomic E-state index is 12.0. The molecule has 1 aromatic rings. The van der Waals surface area contributed by atoms with Crippen molar-refractivity contribution in [2.24, 2.45) is 28.6 Å². The molecule has 2 aliphatic rings. The van der Waals surface area contributed by atoms with E-state index in [0.29, 0.717) is 11.3 Å². The molecule has 3 nitrogen and oxygen atoms in total. The number of benzene rings is 1. The Balaban J connectivity index is 1.85. The van der Waals surface area contributed by atoms with Gasteiger partial charge in [0.2, 0.25) is 0 Å². The second kappa shape index (κ2) is 7.25. The van der Waals surface area contributed by atoms with E-state index in [1.165, 1.54) is 24.8 Å². The molecule has 0 amide bonds. The molecule has 0 aliphatic heterocycles. The minimum Gasteiger partial charge on any atom is -0.497 e. The number of rotatable bonds is 5. The summed E-state index contributed by atoms with van der Waals surface area (Å²) in [5.41, 5.74) is 1.71. The van der Waals surface area contributed by atoms with Crippen LogP contribution in [0.2, 0.25) is 0 Å². The van der Waals surface area contributed by atoms with Crippen molar-refractivity contribution in [1.82, 2.24) is 0 Å². The lowest BCUT2D eigenvalue weighted by molar-refractivity contribution is -0.158. The Morgan fingerprint density at radius 3 is 2.69 bits per heavy atom. The van der Waals surface area contributed by atoms with Gasteiger partial charge in [-0.1, -0.05) is 39.3 Å². The average molecular weight is 359 g/mol. The first-order valence-electron chi connectivity index (χ1n) is 10.1. The van der Waals surface area contributed by atoms with Gasteiger partial charge in [0.25, 0.3) is 0 Å². The van der Waals surface area contributed by atoms with Crippen LogP contribution in [0, 0.1) is 28.6 Å². The van der Waals surface area contributed by atoms with E-state index in [-0.39, 0.29) is 17.3 Å². The van der Waals surface area contributed by atoms with Gasteiger partial charge in [-0.25, -0.2) is 0 Å². The largest absolute Gasteiger partial charge is 0.497 e. The van der Waals surface area contributed by atoms with Crippen LogP contribution in [0.1, 0.15) is 64.9 Å². The summed E-state index contributed by atoms with van der Waals surface area (Å²) in [6, 6.07) is 8.21. The quantitative estimate of drug-likeness (QED) is 0.748. The van der Waals surface area contributed by atoms with Crippen LogP contribution in [-0.4, -0.2) is 18.2 Å². The van der Waals surface area contributed by atoms with Crippen molar-refractivity contribution in [1.29, 1.82) is 0 Å². The molecule has 1 N–H and O–H groups in total. The van der Waals surface area contributed by atoms with Crippen molar-refractivity contribution in [3.05, 3.63) is 29.8 Å². The molecule has 2 aliphatic carbocycles. The van der Waals surface area contributed by atoms with E-state index in [2.05, 4.69) is 32.9 Å². The molecule has 144 valence electrons. The third kappa shape index (κ3) is 3.50. The lowest BCUT2D eigenvalue weighted by atomic mass is 9.46. The maximum Gasteiger partial charge on any atom is 0.306 e. The van der Waals surface area contributed by atoms with Gasteiger partial charge in [-0.2, -0.15) is 0 Å². The molecule has 0 unspecified atom stereocenters. The Hall–Kier alpha value is -1.51. The zero-order valence-corrected chi connectivity index (χ0v) is 16.8. The van der Waals surface area contributed by atoms with Crippen LogP contribution in [0.5, 0.6) is 5.75 Å². The summed E-state index contributed by atoms with van der Waals surface area (Å²) in [5, 5.41) is 9.90. The molecule has 3 heteroatoms. The normalized spacial score (nSPS) is 33.3. The van der Waals surface area contributed by atoms with Gasteiger partial charge >= 0.3 is 5.97 Å². The van der Waals surface area contributed by atoms with Gasteiger partial charge in [0.05, 0.1) is 13.0 Å². The number of carbonyl (C=O) groups is 1. The van der Waals surface area contributed by atoms with E-state index in [0.717, 1.165) is 31.4 Å². The summed E-state index contributed by atoms with van der Waals surface area (Å²) in [5.74, 6) is 0.974. The second-order valence-corrected chi connectivity index (χ2v) is 9.42. The molecular weight excluding hydrogens is 324 g/mol. The smallest absolute Gasteiger partial charge is 0.306 e. The number of carboxylic acids is 1. The van der Waals surface area contributed by atoms with Crippen LogP contribution < -0.4 is 4.74 Å². The van der Waals surface area contributed by atoms with Crippen LogP contribution in [0.3, 0.4) is 0 Å². The minimum absolute atomic E-state index is 0.141. The minimum atomic E-state index is -0.594. The first kappa shape index (κ1) is 19.3. The fourth-order valence-electron chi connectivity index (χ4n) is 6.31.